The van der Waals surface area contributed by atoms with Crippen LogP contribution >= 0.6 is 11.8 Å². The minimum atomic E-state index is 0.843. The highest BCUT2D eigenvalue weighted by Crippen LogP contribution is 2.08. The summed E-state index contributed by atoms with van der Waals surface area (Å²) in [6.45, 7) is 10.7. The van der Waals surface area contributed by atoms with Gasteiger partial charge in [-0.1, -0.05) is 18.7 Å². The van der Waals surface area contributed by atoms with Gasteiger partial charge in [-0.25, -0.2) is 0 Å². The van der Waals surface area contributed by atoms with E-state index < -0.39 is 0 Å². The molecule has 1 aliphatic heterocycles. The van der Waals surface area contributed by atoms with Crippen molar-refractivity contribution >= 4 is 16.9 Å². The van der Waals surface area contributed by atoms with E-state index in [9.17, 15) is 0 Å². The molecular formula is C11H19N2S+. The standard InChI is InChI=1S/C11H18N2S/c1-3-7-12-11(14-10-4-2)13-8-5-6-9-13/h3-4H,1-2,5-10H2/p+1. The van der Waals surface area contributed by atoms with Crippen molar-refractivity contribution in [3.05, 3.63) is 25.3 Å². The summed E-state index contributed by atoms with van der Waals surface area (Å²) in [4.78, 5) is 0. The molecule has 1 N–H and O–H groups in total. The van der Waals surface area contributed by atoms with Crippen molar-refractivity contribution in [1.29, 1.82) is 0 Å². The maximum Gasteiger partial charge on any atom is 0.306 e. The Bertz CT molecular complexity index is 211. The lowest BCUT2D eigenvalue weighted by Gasteiger charge is -2.05. The summed E-state index contributed by atoms with van der Waals surface area (Å²) in [7, 11) is 0. The highest BCUT2D eigenvalue weighted by Gasteiger charge is 2.16. The molecule has 1 heterocycles. The number of hydrogen-bond donors (Lipinski definition) is 1. The van der Waals surface area contributed by atoms with Crippen LogP contribution < -0.4 is 5.32 Å². The first kappa shape index (κ1) is 11.4. The first-order chi connectivity index (χ1) is 6.88. The van der Waals surface area contributed by atoms with Crippen LogP contribution in [0, 0.1) is 0 Å². The molecule has 1 aliphatic rings. The van der Waals surface area contributed by atoms with Gasteiger partial charge in [-0.05, 0) is 24.6 Å². The van der Waals surface area contributed by atoms with Gasteiger partial charge in [-0.15, -0.1) is 6.58 Å². The Morgan fingerprint density at radius 2 is 2.00 bits per heavy atom. The molecule has 1 rings (SSSR count). The number of hydrogen-bond acceptors (Lipinski definition) is 1. The van der Waals surface area contributed by atoms with Crippen LogP contribution in [0.5, 0.6) is 0 Å². The number of nitrogens with zero attached hydrogens (tertiary/aromatic N) is 1. The van der Waals surface area contributed by atoms with Crippen molar-refractivity contribution < 1.29 is 4.58 Å². The second-order valence-electron chi connectivity index (χ2n) is 3.27. The van der Waals surface area contributed by atoms with E-state index in [1.807, 2.05) is 23.9 Å². The van der Waals surface area contributed by atoms with Crippen LogP contribution in [0.25, 0.3) is 0 Å². The van der Waals surface area contributed by atoms with Crippen molar-refractivity contribution in [2.45, 2.75) is 12.8 Å². The maximum absolute atomic E-state index is 3.74. The molecule has 0 radical (unpaired) electrons. The molecule has 3 heteroatoms. The van der Waals surface area contributed by atoms with Crippen LogP contribution in [-0.4, -0.2) is 35.1 Å². The van der Waals surface area contributed by atoms with Gasteiger partial charge in [-0.3, -0.25) is 9.89 Å². The largest absolute Gasteiger partial charge is 0.306 e. The van der Waals surface area contributed by atoms with Crippen molar-refractivity contribution in [1.82, 2.24) is 5.32 Å². The molecule has 14 heavy (non-hydrogen) atoms. The zero-order valence-electron chi connectivity index (χ0n) is 8.67. The van der Waals surface area contributed by atoms with E-state index in [-0.39, 0.29) is 0 Å². The molecule has 0 bridgehead atoms. The maximum atomic E-state index is 3.74. The summed E-state index contributed by atoms with van der Waals surface area (Å²) < 4.78 is 2.41. The third-order valence-corrected chi connectivity index (χ3v) is 3.21. The normalized spacial score (nSPS) is 15.3. The molecule has 0 aromatic carbocycles. The fourth-order valence-electron chi connectivity index (χ4n) is 1.47. The quantitative estimate of drug-likeness (QED) is 0.433. The van der Waals surface area contributed by atoms with E-state index in [1.54, 1.807) is 0 Å². The second kappa shape index (κ2) is 6.71. The summed E-state index contributed by atoms with van der Waals surface area (Å²) in [5.41, 5.74) is 0. The summed E-state index contributed by atoms with van der Waals surface area (Å²) in [5, 5.41) is 4.67. The number of nitrogens with one attached hydrogen (secondary N) is 1. The van der Waals surface area contributed by atoms with Crippen LogP contribution in [-0.2, 0) is 0 Å². The van der Waals surface area contributed by atoms with Crippen LogP contribution in [0.15, 0.2) is 25.3 Å². The Kier molecular flexibility index (Phi) is 5.45. The molecule has 0 aliphatic carbocycles. The molecule has 1 saturated heterocycles. The zero-order valence-corrected chi connectivity index (χ0v) is 9.48. The molecule has 0 aromatic rings. The van der Waals surface area contributed by atoms with Crippen LogP contribution in [0.1, 0.15) is 12.8 Å². The Labute approximate surface area is 90.8 Å². The first-order valence-corrected chi connectivity index (χ1v) is 6.07. The lowest BCUT2D eigenvalue weighted by molar-refractivity contribution is -0.505. The topological polar surface area (TPSA) is 15.0 Å². The molecule has 78 valence electrons. The van der Waals surface area contributed by atoms with Crippen LogP contribution in [0.2, 0.25) is 0 Å². The van der Waals surface area contributed by atoms with E-state index >= 15 is 0 Å². The molecule has 1 fully saturated rings. The van der Waals surface area contributed by atoms with E-state index in [0.717, 1.165) is 12.3 Å². The van der Waals surface area contributed by atoms with Gasteiger partial charge in [0.05, 0.1) is 13.1 Å². The third-order valence-electron chi connectivity index (χ3n) is 2.13. The third kappa shape index (κ3) is 3.58. The van der Waals surface area contributed by atoms with Crippen molar-refractivity contribution in [2.24, 2.45) is 0 Å². The van der Waals surface area contributed by atoms with Crippen molar-refractivity contribution in [3.63, 3.8) is 0 Å². The van der Waals surface area contributed by atoms with Gasteiger partial charge in [0, 0.05) is 5.75 Å². The predicted octanol–water partition coefficient (Wildman–Crippen LogP) is 1.84. The fourth-order valence-corrected chi connectivity index (χ4v) is 2.30. The van der Waals surface area contributed by atoms with Crippen molar-refractivity contribution in [2.75, 3.05) is 25.4 Å². The summed E-state index contributed by atoms with van der Waals surface area (Å²) >= 11 is 1.82. The van der Waals surface area contributed by atoms with E-state index in [1.165, 1.54) is 31.1 Å². The monoisotopic (exact) mass is 211 g/mol. The predicted molar refractivity (Wildman–Crippen MR) is 65.1 cm³/mol. The Hall–Kier alpha value is -0.700. The van der Waals surface area contributed by atoms with Crippen molar-refractivity contribution in [3.8, 4) is 0 Å². The fraction of sp³-hybridized carbons (Fsp3) is 0.545. The minimum absolute atomic E-state index is 0.843. The average molecular weight is 211 g/mol. The molecule has 0 atom stereocenters. The first-order valence-electron chi connectivity index (χ1n) is 5.09. The molecule has 0 aromatic heterocycles. The highest BCUT2D eigenvalue weighted by molar-refractivity contribution is 8.13. The lowest BCUT2D eigenvalue weighted by Crippen LogP contribution is -2.30. The number of amidine groups is 1. The molecule has 0 unspecified atom stereocenters. The zero-order chi connectivity index (χ0) is 10.2. The SMILES string of the molecule is C=CCNC(SCC=C)=[N+]1CCCC1. The molecule has 0 saturated carbocycles. The van der Waals surface area contributed by atoms with Crippen LogP contribution in [0.3, 0.4) is 0 Å². The van der Waals surface area contributed by atoms with E-state index in [2.05, 4.69) is 23.1 Å². The lowest BCUT2D eigenvalue weighted by atomic mass is 10.4. The summed E-state index contributed by atoms with van der Waals surface area (Å²) in [5.74, 6) is 0.968. The van der Waals surface area contributed by atoms with Gasteiger partial charge in [0.15, 0.2) is 0 Å². The Morgan fingerprint density at radius 3 is 2.57 bits per heavy atom. The van der Waals surface area contributed by atoms with Gasteiger partial charge >= 0.3 is 5.17 Å². The van der Waals surface area contributed by atoms with Crippen LogP contribution in [0.4, 0.5) is 0 Å². The Morgan fingerprint density at radius 1 is 1.29 bits per heavy atom. The number of thioether (sulfide) groups is 1. The molecule has 2 nitrogen and oxygen atoms in total. The Balaban J connectivity index is 2.53. The van der Waals surface area contributed by atoms with Gasteiger partial charge < -0.3 is 0 Å². The average Bonchev–Trinajstić information content (AvgIpc) is 2.71. The van der Waals surface area contributed by atoms with Gasteiger partial charge in [0.1, 0.15) is 6.54 Å². The molecule has 0 spiro atoms. The summed E-state index contributed by atoms with van der Waals surface area (Å²) in [6, 6.07) is 0. The van der Waals surface area contributed by atoms with Gasteiger partial charge in [-0.2, -0.15) is 0 Å². The number of rotatable bonds is 4. The molecule has 0 amide bonds. The molecular weight excluding hydrogens is 192 g/mol. The summed E-state index contributed by atoms with van der Waals surface area (Å²) in [6.07, 6.45) is 6.46. The van der Waals surface area contributed by atoms with E-state index in [0.29, 0.717) is 0 Å². The minimum Gasteiger partial charge on any atom is -0.265 e. The second-order valence-corrected chi connectivity index (χ2v) is 4.28. The van der Waals surface area contributed by atoms with Gasteiger partial charge in [0.2, 0.25) is 0 Å². The smallest absolute Gasteiger partial charge is 0.265 e. The highest BCUT2D eigenvalue weighted by atomic mass is 32.2. The van der Waals surface area contributed by atoms with E-state index in [4.69, 9.17) is 0 Å². The van der Waals surface area contributed by atoms with Gasteiger partial charge in [0.25, 0.3) is 0 Å².